The van der Waals surface area contributed by atoms with E-state index in [0.29, 0.717) is 11.6 Å². The molecule has 116 valence electrons. The number of halogens is 2. The average molecular weight is 293 g/mol. The van der Waals surface area contributed by atoms with Crippen molar-refractivity contribution in [2.75, 3.05) is 0 Å². The molecule has 2 saturated carbocycles. The second-order valence-electron chi connectivity index (χ2n) is 7.88. The van der Waals surface area contributed by atoms with Crippen LogP contribution in [0.4, 0.5) is 8.78 Å². The molecule has 2 bridgehead atoms. The van der Waals surface area contributed by atoms with Crippen LogP contribution in [0.25, 0.3) is 0 Å². The van der Waals surface area contributed by atoms with E-state index in [0.717, 1.165) is 5.92 Å². The van der Waals surface area contributed by atoms with E-state index in [4.69, 9.17) is 0 Å². The molecular weight excluding hydrogens is 268 g/mol. The van der Waals surface area contributed by atoms with Gasteiger partial charge in [-0.1, -0.05) is 32.9 Å². The van der Waals surface area contributed by atoms with Gasteiger partial charge in [0.15, 0.2) is 11.6 Å². The van der Waals surface area contributed by atoms with Gasteiger partial charge < -0.3 is 5.32 Å². The third kappa shape index (κ3) is 2.21. The second kappa shape index (κ2) is 4.77. The molecule has 4 atom stereocenters. The van der Waals surface area contributed by atoms with Gasteiger partial charge in [0.1, 0.15) is 0 Å². The average Bonchev–Trinajstić information content (AvgIpc) is 2.89. The number of fused-ring (bicyclic) bond motifs is 2. The Balaban J connectivity index is 1.85. The van der Waals surface area contributed by atoms with Gasteiger partial charge in [0.2, 0.25) is 0 Å². The maximum atomic E-state index is 14.0. The SMILES string of the molecule is CC(NC1C2(C)CCC(C2)C1(C)C)c1cccc(F)c1F. The van der Waals surface area contributed by atoms with Crippen molar-refractivity contribution in [3.05, 3.63) is 35.4 Å². The maximum Gasteiger partial charge on any atom is 0.163 e. The molecule has 2 aliphatic rings. The molecule has 0 amide bonds. The summed E-state index contributed by atoms with van der Waals surface area (Å²) in [6.45, 7) is 8.90. The van der Waals surface area contributed by atoms with Crippen LogP contribution in [0.15, 0.2) is 18.2 Å². The monoisotopic (exact) mass is 293 g/mol. The summed E-state index contributed by atoms with van der Waals surface area (Å²) in [6, 6.07) is 4.61. The van der Waals surface area contributed by atoms with E-state index >= 15 is 0 Å². The lowest BCUT2D eigenvalue weighted by Crippen LogP contribution is -2.51. The summed E-state index contributed by atoms with van der Waals surface area (Å²) in [7, 11) is 0. The number of nitrogens with one attached hydrogen (secondary N) is 1. The molecule has 0 spiro atoms. The first-order valence-corrected chi connectivity index (χ1v) is 7.95. The smallest absolute Gasteiger partial charge is 0.163 e. The lowest BCUT2D eigenvalue weighted by Gasteiger charge is -2.44. The van der Waals surface area contributed by atoms with Crippen LogP contribution in [0.5, 0.6) is 0 Å². The third-order valence-corrected chi connectivity index (χ3v) is 6.13. The molecule has 1 N–H and O–H groups in total. The van der Waals surface area contributed by atoms with Crippen LogP contribution in [0.3, 0.4) is 0 Å². The summed E-state index contributed by atoms with van der Waals surface area (Å²) >= 11 is 0. The van der Waals surface area contributed by atoms with Gasteiger partial charge in [0.05, 0.1) is 0 Å². The zero-order valence-electron chi connectivity index (χ0n) is 13.3. The van der Waals surface area contributed by atoms with Gasteiger partial charge in [0.25, 0.3) is 0 Å². The lowest BCUT2D eigenvalue weighted by atomic mass is 9.68. The molecule has 0 aliphatic heterocycles. The first-order valence-electron chi connectivity index (χ1n) is 7.95. The normalized spacial score (nSPS) is 35.1. The van der Waals surface area contributed by atoms with Crippen LogP contribution in [-0.2, 0) is 0 Å². The highest BCUT2D eigenvalue weighted by Gasteiger charge is 2.59. The fourth-order valence-corrected chi connectivity index (χ4v) is 4.91. The summed E-state index contributed by atoms with van der Waals surface area (Å²) in [6.07, 6.45) is 3.78. The molecule has 1 nitrogen and oxygen atoms in total. The third-order valence-electron chi connectivity index (χ3n) is 6.13. The fourth-order valence-electron chi connectivity index (χ4n) is 4.91. The summed E-state index contributed by atoms with van der Waals surface area (Å²) in [5, 5.41) is 3.62. The highest BCUT2D eigenvalue weighted by atomic mass is 19.2. The minimum absolute atomic E-state index is 0.179. The van der Waals surface area contributed by atoms with Crippen molar-refractivity contribution >= 4 is 0 Å². The van der Waals surface area contributed by atoms with Crippen LogP contribution in [-0.4, -0.2) is 6.04 Å². The molecule has 1 aromatic rings. The first-order chi connectivity index (χ1) is 9.75. The Labute approximate surface area is 126 Å². The van der Waals surface area contributed by atoms with Crippen molar-refractivity contribution < 1.29 is 8.78 Å². The predicted molar refractivity (Wildman–Crippen MR) is 80.9 cm³/mol. The van der Waals surface area contributed by atoms with Crippen molar-refractivity contribution in [3.8, 4) is 0 Å². The zero-order chi connectivity index (χ0) is 15.4. The van der Waals surface area contributed by atoms with E-state index in [9.17, 15) is 8.78 Å². The molecule has 3 heteroatoms. The van der Waals surface area contributed by atoms with Crippen LogP contribution in [0.2, 0.25) is 0 Å². The van der Waals surface area contributed by atoms with E-state index in [1.54, 1.807) is 12.1 Å². The Kier molecular flexibility index (Phi) is 3.40. The Morgan fingerprint density at radius 1 is 1.24 bits per heavy atom. The quantitative estimate of drug-likeness (QED) is 0.841. The van der Waals surface area contributed by atoms with Gasteiger partial charge in [-0.25, -0.2) is 8.78 Å². The maximum absolute atomic E-state index is 14.0. The molecular formula is C18H25F2N. The first kappa shape index (κ1) is 15.0. The Bertz CT molecular complexity index is 549. The van der Waals surface area contributed by atoms with Crippen LogP contribution >= 0.6 is 0 Å². The largest absolute Gasteiger partial charge is 0.306 e. The standard InChI is InChI=1S/C18H25F2N/c1-11(13-6-5-7-14(19)15(13)20)21-16-17(2,3)12-8-9-18(16,4)10-12/h5-7,11-12,16,21H,8-10H2,1-4H3. The van der Waals surface area contributed by atoms with Crippen molar-refractivity contribution in [1.82, 2.24) is 5.32 Å². The number of benzene rings is 1. The van der Waals surface area contributed by atoms with Gasteiger partial charge >= 0.3 is 0 Å². The van der Waals surface area contributed by atoms with E-state index in [2.05, 4.69) is 26.1 Å². The Morgan fingerprint density at radius 2 is 1.95 bits per heavy atom. The highest BCUT2D eigenvalue weighted by molar-refractivity contribution is 5.23. The van der Waals surface area contributed by atoms with E-state index in [1.165, 1.54) is 25.3 Å². The molecule has 21 heavy (non-hydrogen) atoms. The summed E-state index contributed by atoms with van der Waals surface area (Å²) in [5.41, 5.74) is 0.925. The minimum Gasteiger partial charge on any atom is -0.306 e. The highest BCUT2D eigenvalue weighted by Crippen LogP contribution is 2.62. The summed E-state index contributed by atoms with van der Waals surface area (Å²) < 4.78 is 27.4. The van der Waals surface area contributed by atoms with Gasteiger partial charge in [-0.15, -0.1) is 0 Å². The van der Waals surface area contributed by atoms with Gasteiger partial charge in [-0.3, -0.25) is 0 Å². The molecule has 4 unspecified atom stereocenters. The molecule has 2 aliphatic carbocycles. The zero-order valence-corrected chi connectivity index (χ0v) is 13.3. The van der Waals surface area contributed by atoms with Crippen LogP contribution < -0.4 is 5.32 Å². The topological polar surface area (TPSA) is 12.0 Å². The van der Waals surface area contributed by atoms with Crippen molar-refractivity contribution in [2.24, 2.45) is 16.7 Å². The molecule has 0 heterocycles. The van der Waals surface area contributed by atoms with Crippen LogP contribution in [0.1, 0.15) is 58.6 Å². The molecule has 1 aromatic carbocycles. The molecule has 3 rings (SSSR count). The van der Waals surface area contributed by atoms with Gasteiger partial charge in [0, 0.05) is 17.6 Å². The van der Waals surface area contributed by atoms with Gasteiger partial charge in [-0.2, -0.15) is 0 Å². The van der Waals surface area contributed by atoms with E-state index in [1.807, 2.05) is 6.92 Å². The van der Waals surface area contributed by atoms with E-state index in [-0.39, 0.29) is 16.9 Å². The predicted octanol–water partition coefficient (Wildman–Crippen LogP) is 4.83. The molecule has 0 aromatic heterocycles. The summed E-state index contributed by atoms with van der Waals surface area (Å²) in [4.78, 5) is 0. The minimum atomic E-state index is -0.764. The lowest BCUT2D eigenvalue weighted by molar-refractivity contribution is 0.0997. The summed E-state index contributed by atoms with van der Waals surface area (Å²) in [5.74, 6) is -0.743. The second-order valence-corrected chi connectivity index (χ2v) is 7.88. The molecule has 0 radical (unpaired) electrons. The molecule has 2 fully saturated rings. The van der Waals surface area contributed by atoms with Crippen molar-refractivity contribution in [1.29, 1.82) is 0 Å². The molecule has 0 saturated heterocycles. The Hall–Kier alpha value is -0.960. The van der Waals surface area contributed by atoms with Gasteiger partial charge in [-0.05, 0) is 49.0 Å². The van der Waals surface area contributed by atoms with E-state index < -0.39 is 11.6 Å². The number of rotatable bonds is 3. The number of hydrogen-bond donors (Lipinski definition) is 1. The fraction of sp³-hybridized carbons (Fsp3) is 0.667. The van der Waals surface area contributed by atoms with Crippen molar-refractivity contribution in [2.45, 2.75) is 59.0 Å². The number of hydrogen-bond acceptors (Lipinski definition) is 1. The Morgan fingerprint density at radius 3 is 2.57 bits per heavy atom. The van der Waals surface area contributed by atoms with Crippen LogP contribution in [0, 0.1) is 28.4 Å². The van der Waals surface area contributed by atoms with Crippen molar-refractivity contribution in [3.63, 3.8) is 0 Å².